The third-order valence-electron chi connectivity index (χ3n) is 2.38. The Labute approximate surface area is 106 Å². The standard InChI is InChI=1S/C12H16Cl2FN/c1-9(13)6-7-16(2)8-10-4-3-5-11(15)12(10)14/h3-5,9H,6-8H2,1-2H3. The number of halogens is 3. The van der Waals surface area contributed by atoms with Crippen molar-refractivity contribution in [3.8, 4) is 0 Å². The molecule has 1 nitrogen and oxygen atoms in total. The van der Waals surface area contributed by atoms with E-state index < -0.39 is 0 Å². The van der Waals surface area contributed by atoms with Crippen molar-refractivity contribution in [1.82, 2.24) is 4.90 Å². The number of alkyl halides is 1. The van der Waals surface area contributed by atoms with Gasteiger partial charge in [-0.3, -0.25) is 0 Å². The zero-order valence-electron chi connectivity index (χ0n) is 9.51. The molecule has 0 aromatic heterocycles. The summed E-state index contributed by atoms with van der Waals surface area (Å²) in [7, 11) is 1.97. The van der Waals surface area contributed by atoms with Gasteiger partial charge < -0.3 is 4.90 Å². The van der Waals surface area contributed by atoms with Crippen molar-refractivity contribution in [3.63, 3.8) is 0 Å². The Morgan fingerprint density at radius 2 is 2.12 bits per heavy atom. The number of benzene rings is 1. The van der Waals surface area contributed by atoms with E-state index in [1.54, 1.807) is 6.07 Å². The minimum absolute atomic E-state index is 0.158. The molecule has 0 aliphatic carbocycles. The number of hydrogen-bond acceptors (Lipinski definition) is 1. The van der Waals surface area contributed by atoms with Crippen LogP contribution in [-0.2, 0) is 6.54 Å². The molecule has 90 valence electrons. The highest BCUT2D eigenvalue weighted by Crippen LogP contribution is 2.20. The highest BCUT2D eigenvalue weighted by atomic mass is 35.5. The van der Waals surface area contributed by atoms with Crippen LogP contribution in [0.5, 0.6) is 0 Å². The minimum Gasteiger partial charge on any atom is -0.302 e. The lowest BCUT2D eigenvalue weighted by Crippen LogP contribution is -2.21. The lowest BCUT2D eigenvalue weighted by atomic mass is 10.2. The van der Waals surface area contributed by atoms with Crippen LogP contribution in [0.4, 0.5) is 4.39 Å². The highest BCUT2D eigenvalue weighted by molar-refractivity contribution is 6.31. The Hall–Kier alpha value is -0.310. The van der Waals surface area contributed by atoms with E-state index in [9.17, 15) is 4.39 Å². The summed E-state index contributed by atoms with van der Waals surface area (Å²) in [5, 5.41) is 0.374. The van der Waals surface area contributed by atoms with Gasteiger partial charge in [0, 0.05) is 11.9 Å². The van der Waals surface area contributed by atoms with Crippen molar-refractivity contribution in [1.29, 1.82) is 0 Å². The maximum atomic E-state index is 13.2. The quantitative estimate of drug-likeness (QED) is 0.728. The smallest absolute Gasteiger partial charge is 0.142 e. The molecule has 0 spiro atoms. The Morgan fingerprint density at radius 3 is 2.75 bits per heavy atom. The number of rotatable bonds is 5. The minimum atomic E-state index is -0.363. The van der Waals surface area contributed by atoms with Gasteiger partial charge in [-0.15, -0.1) is 11.6 Å². The molecular formula is C12H16Cl2FN. The largest absolute Gasteiger partial charge is 0.302 e. The molecule has 1 unspecified atom stereocenters. The Balaban J connectivity index is 2.56. The fourth-order valence-electron chi connectivity index (χ4n) is 1.44. The first kappa shape index (κ1) is 13.8. The average molecular weight is 264 g/mol. The number of nitrogens with zero attached hydrogens (tertiary/aromatic N) is 1. The molecule has 1 aromatic rings. The van der Waals surface area contributed by atoms with Crippen molar-refractivity contribution in [3.05, 3.63) is 34.6 Å². The fourth-order valence-corrected chi connectivity index (χ4v) is 1.72. The fraction of sp³-hybridized carbons (Fsp3) is 0.500. The van der Waals surface area contributed by atoms with Crippen molar-refractivity contribution in [2.45, 2.75) is 25.3 Å². The lowest BCUT2D eigenvalue weighted by molar-refractivity contribution is 0.321. The molecular weight excluding hydrogens is 248 g/mol. The van der Waals surface area contributed by atoms with Crippen LogP contribution in [0, 0.1) is 5.82 Å². The van der Waals surface area contributed by atoms with Gasteiger partial charge in [0.2, 0.25) is 0 Å². The molecule has 0 aliphatic heterocycles. The van der Waals surface area contributed by atoms with Crippen LogP contribution in [0.3, 0.4) is 0 Å². The summed E-state index contributed by atoms with van der Waals surface area (Å²) in [6.07, 6.45) is 0.908. The van der Waals surface area contributed by atoms with Crippen LogP contribution in [0.15, 0.2) is 18.2 Å². The third-order valence-corrected chi connectivity index (χ3v) is 3.02. The first-order valence-electron chi connectivity index (χ1n) is 5.26. The van der Waals surface area contributed by atoms with Crippen molar-refractivity contribution < 1.29 is 4.39 Å². The predicted octanol–water partition coefficient (Wildman–Crippen LogP) is 3.93. The molecule has 1 atom stereocenters. The second-order valence-corrected chi connectivity index (χ2v) is 5.14. The molecule has 0 N–H and O–H groups in total. The van der Waals surface area contributed by atoms with E-state index in [1.807, 2.05) is 20.0 Å². The van der Waals surface area contributed by atoms with Gasteiger partial charge in [-0.05, 0) is 38.6 Å². The zero-order valence-corrected chi connectivity index (χ0v) is 11.0. The summed E-state index contributed by atoms with van der Waals surface area (Å²) in [6, 6.07) is 4.88. The molecule has 4 heteroatoms. The summed E-state index contributed by atoms with van der Waals surface area (Å²) < 4.78 is 13.2. The zero-order chi connectivity index (χ0) is 12.1. The monoisotopic (exact) mass is 263 g/mol. The number of hydrogen-bond donors (Lipinski definition) is 0. The van der Waals surface area contributed by atoms with Crippen LogP contribution in [0.1, 0.15) is 18.9 Å². The molecule has 0 saturated heterocycles. The van der Waals surface area contributed by atoms with Gasteiger partial charge in [0.25, 0.3) is 0 Å². The van der Waals surface area contributed by atoms with E-state index in [2.05, 4.69) is 4.90 Å². The van der Waals surface area contributed by atoms with E-state index in [1.165, 1.54) is 6.07 Å². The van der Waals surface area contributed by atoms with E-state index in [4.69, 9.17) is 23.2 Å². The topological polar surface area (TPSA) is 3.24 Å². The van der Waals surface area contributed by atoms with E-state index in [0.29, 0.717) is 6.54 Å². The average Bonchev–Trinajstić information content (AvgIpc) is 2.22. The van der Waals surface area contributed by atoms with Gasteiger partial charge in [-0.25, -0.2) is 4.39 Å². The Morgan fingerprint density at radius 1 is 1.44 bits per heavy atom. The summed E-state index contributed by atoms with van der Waals surface area (Å²) in [6.45, 7) is 3.47. The Bertz CT molecular complexity index is 342. The van der Waals surface area contributed by atoms with Crippen LogP contribution in [0.2, 0.25) is 5.02 Å². The molecule has 0 fully saturated rings. The van der Waals surface area contributed by atoms with E-state index in [-0.39, 0.29) is 16.2 Å². The van der Waals surface area contributed by atoms with Gasteiger partial charge in [-0.2, -0.15) is 0 Å². The SMILES string of the molecule is CC(Cl)CCN(C)Cc1cccc(F)c1Cl. The molecule has 0 amide bonds. The summed E-state index contributed by atoms with van der Waals surface area (Å²) in [5.41, 5.74) is 0.811. The second kappa shape index (κ2) is 6.43. The van der Waals surface area contributed by atoms with Crippen LogP contribution >= 0.6 is 23.2 Å². The maximum Gasteiger partial charge on any atom is 0.142 e. The molecule has 0 aliphatic rings. The van der Waals surface area contributed by atoms with Gasteiger partial charge in [-0.1, -0.05) is 23.7 Å². The van der Waals surface area contributed by atoms with E-state index >= 15 is 0 Å². The first-order chi connectivity index (χ1) is 7.50. The van der Waals surface area contributed by atoms with E-state index in [0.717, 1.165) is 18.5 Å². The predicted molar refractivity (Wildman–Crippen MR) is 67.7 cm³/mol. The highest BCUT2D eigenvalue weighted by Gasteiger charge is 2.08. The van der Waals surface area contributed by atoms with Crippen molar-refractivity contribution >= 4 is 23.2 Å². The molecule has 0 saturated carbocycles. The maximum absolute atomic E-state index is 13.2. The summed E-state index contributed by atoms with van der Waals surface area (Å²) in [4.78, 5) is 2.08. The van der Waals surface area contributed by atoms with Crippen LogP contribution < -0.4 is 0 Å². The molecule has 16 heavy (non-hydrogen) atoms. The van der Waals surface area contributed by atoms with Crippen LogP contribution in [0.25, 0.3) is 0 Å². The summed E-state index contributed by atoms with van der Waals surface area (Å²) >= 11 is 11.7. The molecule has 0 heterocycles. The molecule has 0 radical (unpaired) electrons. The van der Waals surface area contributed by atoms with Gasteiger partial charge in [0.1, 0.15) is 5.82 Å². The lowest BCUT2D eigenvalue weighted by Gasteiger charge is -2.18. The molecule has 0 bridgehead atoms. The Kier molecular flexibility index (Phi) is 5.53. The normalized spacial score (nSPS) is 13.1. The molecule has 1 aromatic carbocycles. The van der Waals surface area contributed by atoms with Crippen LogP contribution in [-0.4, -0.2) is 23.9 Å². The van der Waals surface area contributed by atoms with Crippen molar-refractivity contribution in [2.24, 2.45) is 0 Å². The van der Waals surface area contributed by atoms with Gasteiger partial charge in [0.15, 0.2) is 0 Å². The second-order valence-electron chi connectivity index (χ2n) is 4.02. The third kappa shape index (κ3) is 4.28. The summed E-state index contributed by atoms with van der Waals surface area (Å²) in [5.74, 6) is -0.363. The van der Waals surface area contributed by atoms with Crippen molar-refractivity contribution in [2.75, 3.05) is 13.6 Å². The molecule has 1 rings (SSSR count). The van der Waals surface area contributed by atoms with Gasteiger partial charge in [0.05, 0.1) is 5.02 Å². The van der Waals surface area contributed by atoms with Gasteiger partial charge >= 0.3 is 0 Å². The first-order valence-corrected chi connectivity index (χ1v) is 6.07.